The molecule has 2 heterocycles. The van der Waals surface area contributed by atoms with Gasteiger partial charge in [0.15, 0.2) is 5.03 Å². The first-order chi connectivity index (χ1) is 7.18. The predicted molar refractivity (Wildman–Crippen MR) is 51.4 cm³/mol. The minimum Gasteiger partial charge on any atom is -0.275 e. The van der Waals surface area contributed by atoms with Gasteiger partial charge in [0.1, 0.15) is 6.33 Å². The van der Waals surface area contributed by atoms with E-state index in [0.29, 0.717) is 5.69 Å². The lowest BCUT2D eigenvalue weighted by atomic mass is 10.6. The van der Waals surface area contributed by atoms with Gasteiger partial charge in [-0.25, -0.2) is 9.97 Å². The fraction of sp³-hybridized carbons (Fsp3) is 0. The Bertz CT molecular complexity index is 522. The first-order valence-electron chi connectivity index (χ1n) is 3.96. The predicted octanol–water partition coefficient (Wildman–Crippen LogP) is 0.000500. The van der Waals surface area contributed by atoms with Crippen LogP contribution in [0.1, 0.15) is 0 Å². The van der Waals surface area contributed by atoms with Crippen LogP contribution in [0.25, 0.3) is 0 Å². The number of rotatable bonds is 3. The fourth-order valence-corrected chi connectivity index (χ4v) is 1.89. The van der Waals surface area contributed by atoms with E-state index in [-0.39, 0.29) is 5.03 Å². The second-order valence-corrected chi connectivity index (χ2v) is 4.30. The Hall–Kier alpha value is -1.96. The average Bonchev–Trinajstić information content (AvgIpc) is 2.71. The standard InChI is InChI=1S/C7H7N5O2S/c13-15(14,7-1-2-10-11-7)12-6-3-8-5-9-4-6/h1-5,12H,(H,10,11). The number of aromatic amines is 1. The highest BCUT2D eigenvalue weighted by molar-refractivity contribution is 7.92. The van der Waals surface area contributed by atoms with Crippen molar-refractivity contribution in [2.75, 3.05) is 4.72 Å². The maximum absolute atomic E-state index is 11.6. The van der Waals surface area contributed by atoms with Gasteiger partial charge in [0.05, 0.1) is 24.3 Å². The van der Waals surface area contributed by atoms with Crippen molar-refractivity contribution in [1.29, 1.82) is 0 Å². The van der Waals surface area contributed by atoms with E-state index in [1.165, 1.54) is 31.0 Å². The minimum atomic E-state index is -3.62. The molecule has 0 aliphatic rings. The molecule has 2 rings (SSSR count). The zero-order chi connectivity index (χ0) is 10.7. The molecule has 0 aromatic carbocycles. The normalized spacial score (nSPS) is 11.2. The number of aromatic nitrogens is 4. The van der Waals surface area contributed by atoms with Gasteiger partial charge >= 0.3 is 0 Å². The Labute approximate surface area is 85.6 Å². The zero-order valence-corrected chi connectivity index (χ0v) is 8.27. The molecule has 2 aromatic rings. The molecule has 0 saturated heterocycles. The number of nitrogens with one attached hydrogen (secondary N) is 2. The quantitative estimate of drug-likeness (QED) is 0.765. The largest absolute Gasteiger partial charge is 0.278 e. The van der Waals surface area contributed by atoms with Gasteiger partial charge in [0.25, 0.3) is 10.0 Å². The molecule has 0 atom stereocenters. The molecular formula is C7H7N5O2S. The highest BCUT2D eigenvalue weighted by atomic mass is 32.2. The van der Waals surface area contributed by atoms with Gasteiger partial charge in [-0.3, -0.25) is 9.82 Å². The van der Waals surface area contributed by atoms with Crippen molar-refractivity contribution < 1.29 is 8.42 Å². The van der Waals surface area contributed by atoms with Crippen molar-refractivity contribution in [1.82, 2.24) is 20.2 Å². The highest BCUT2D eigenvalue weighted by Gasteiger charge is 2.15. The summed E-state index contributed by atoms with van der Waals surface area (Å²) >= 11 is 0. The molecule has 7 nitrogen and oxygen atoms in total. The Morgan fingerprint density at radius 3 is 2.60 bits per heavy atom. The van der Waals surface area contributed by atoms with E-state index >= 15 is 0 Å². The summed E-state index contributed by atoms with van der Waals surface area (Å²) in [6, 6.07) is 1.35. The molecule has 0 radical (unpaired) electrons. The average molecular weight is 225 g/mol. The summed E-state index contributed by atoms with van der Waals surface area (Å²) in [7, 11) is -3.62. The molecule has 0 saturated carbocycles. The van der Waals surface area contributed by atoms with Crippen molar-refractivity contribution >= 4 is 15.7 Å². The second kappa shape index (κ2) is 3.65. The van der Waals surface area contributed by atoms with Gasteiger partial charge in [-0.1, -0.05) is 0 Å². The molecular weight excluding hydrogens is 218 g/mol. The summed E-state index contributed by atoms with van der Waals surface area (Å²) in [6.45, 7) is 0. The van der Waals surface area contributed by atoms with E-state index in [2.05, 4.69) is 24.9 Å². The molecule has 0 bridgehead atoms. The number of hydrogen-bond donors (Lipinski definition) is 2. The number of anilines is 1. The van der Waals surface area contributed by atoms with Gasteiger partial charge in [0, 0.05) is 0 Å². The number of nitrogens with zero attached hydrogens (tertiary/aromatic N) is 3. The molecule has 2 N–H and O–H groups in total. The molecule has 15 heavy (non-hydrogen) atoms. The monoisotopic (exact) mass is 225 g/mol. The fourth-order valence-electron chi connectivity index (χ4n) is 0.955. The van der Waals surface area contributed by atoms with Crippen LogP contribution in [0.15, 0.2) is 36.0 Å². The summed E-state index contributed by atoms with van der Waals surface area (Å²) in [4.78, 5) is 7.37. The molecule has 78 valence electrons. The molecule has 0 fully saturated rings. The van der Waals surface area contributed by atoms with Gasteiger partial charge in [-0.05, 0) is 6.07 Å². The van der Waals surface area contributed by atoms with E-state index in [1.807, 2.05) is 0 Å². The molecule has 0 aliphatic carbocycles. The van der Waals surface area contributed by atoms with Crippen LogP contribution in [0.3, 0.4) is 0 Å². The number of hydrogen-bond acceptors (Lipinski definition) is 5. The van der Waals surface area contributed by atoms with Crippen molar-refractivity contribution in [2.24, 2.45) is 0 Å². The van der Waals surface area contributed by atoms with Crippen LogP contribution in [0.5, 0.6) is 0 Å². The molecule has 0 unspecified atom stereocenters. The molecule has 2 aromatic heterocycles. The Morgan fingerprint density at radius 2 is 2.00 bits per heavy atom. The summed E-state index contributed by atoms with van der Waals surface area (Å²) < 4.78 is 25.5. The van der Waals surface area contributed by atoms with Gasteiger partial charge in [-0.2, -0.15) is 13.5 Å². The van der Waals surface area contributed by atoms with Gasteiger partial charge in [0.2, 0.25) is 0 Å². The van der Waals surface area contributed by atoms with Crippen LogP contribution in [0.4, 0.5) is 5.69 Å². The van der Waals surface area contributed by atoms with E-state index in [0.717, 1.165) is 0 Å². The van der Waals surface area contributed by atoms with Gasteiger partial charge in [-0.15, -0.1) is 0 Å². The number of sulfonamides is 1. The van der Waals surface area contributed by atoms with Crippen LogP contribution in [-0.4, -0.2) is 28.6 Å². The summed E-state index contributed by atoms with van der Waals surface area (Å²) in [5.74, 6) is 0. The number of H-pyrrole nitrogens is 1. The Balaban J connectivity index is 2.27. The maximum Gasteiger partial charge on any atom is 0.278 e. The molecule has 0 aliphatic heterocycles. The van der Waals surface area contributed by atoms with Crippen LogP contribution in [-0.2, 0) is 10.0 Å². The first kappa shape index (κ1) is 9.59. The zero-order valence-electron chi connectivity index (χ0n) is 7.45. The van der Waals surface area contributed by atoms with Crippen molar-refractivity contribution in [3.05, 3.63) is 31.0 Å². The summed E-state index contributed by atoms with van der Waals surface area (Å²) in [5.41, 5.74) is 0.298. The van der Waals surface area contributed by atoms with Gasteiger partial charge < -0.3 is 0 Å². The Kier molecular flexibility index (Phi) is 2.34. The molecule has 0 spiro atoms. The lowest BCUT2D eigenvalue weighted by Gasteiger charge is -2.03. The SMILES string of the molecule is O=S(=O)(Nc1cncnc1)c1ccn[nH]1. The van der Waals surface area contributed by atoms with Crippen molar-refractivity contribution in [3.63, 3.8) is 0 Å². The highest BCUT2D eigenvalue weighted by Crippen LogP contribution is 2.10. The second-order valence-electron chi connectivity index (χ2n) is 2.65. The van der Waals surface area contributed by atoms with Crippen LogP contribution in [0, 0.1) is 0 Å². The van der Waals surface area contributed by atoms with Crippen LogP contribution < -0.4 is 4.72 Å². The van der Waals surface area contributed by atoms with E-state index in [4.69, 9.17) is 0 Å². The van der Waals surface area contributed by atoms with Crippen molar-refractivity contribution in [2.45, 2.75) is 5.03 Å². The third-order valence-electron chi connectivity index (χ3n) is 1.58. The smallest absolute Gasteiger partial charge is 0.275 e. The maximum atomic E-state index is 11.6. The first-order valence-corrected chi connectivity index (χ1v) is 5.44. The molecule has 0 amide bonds. The van der Waals surface area contributed by atoms with E-state index in [9.17, 15) is 8.42 Å². The van der Waals surface area contributed by atoms with Crippen LogP contribution >= 0.6 is 0 Å². The third-order valence-corrected chi connectivity index (χ3v) is 2.89. The molecule has 8 heteroatoms. The lowest BCUT2D eigenvalue weighted by molar-refractivity contribution is 0.597. The summed E-state index contributed by atoms with van der Waals surface area (Å²) in [6.07, 6.45) is 5.39. The third kappa shape index (κ3) is 2.10. The Morgan fingerprint density at radius 1 is 1.27 bits per heavy atom. The van der Waals surface area contributed by atoms with E-state index in [1.54, 1.807) is 0 Å². The van der Waals surface area contributed by atoms with Crippen molar-refractivity contribution in [3.8, 4) is 0 Å². The van der Waals surface area contributed by atoms with E-state index < -0.39 is 10.0 Å². The lowest BCUT2D eigenvalue weighted by Crippen LogP contribution is -2.13. The topological polar surface area (TPSA) is 101 Å². The van der Waals surface area contributed by atoms with Crippen LogP contribution in [0.2, 0.25) is 0 Å². The summed E-state index contributed by atoms with van der Waals surface area (Å²) in [5, 5.41) is 5.90. The minimum absolute atomic E-state index is 0.00801.